The minimum absolute atomic E-state index is 0.221. The largest absolute Gasteiger partial charge is 0.354 e. The van der Waals surface area contributed by atoms with Crippen molar-refractivity contribution < 1.29 is 4.39 Å². The second-order valence-electron chi connectivity index (χ2n) is 3.48. The van der Waals surface area contributed by atoms with Crippen LogP contribution in [0.3, 0.4) is 0 Å². The van der Waals surface area contributed by atoms with Crippen LogP contribution >= 0.6 is 11.6 Å². The third-order valence-corrected chi connectivity index (χ3v) is 2.77. The quantitative estimate of drug-likeness (QED) is 0.586. The van der Waals surface area contributed by atoms with Gasteiger partial charge in [0.15, 0.2) is 0 Å². The fourth-order valence-electron chi connectivity index (χ4n) is 1.88. The van der Waals surface area contributed by atoms with E-state index in [-0.39, 0.29) is 5.82 Å². The zero-order valence-electron chi connectivity index (χ0n) is 7.72. The number of benzene rings is 2. The molecule has 0 aliphatic heterocycles. The molecule has 0 aliphatic rings. The fourth-order valence-corrected chi connectivity index (χ4v) is 2.05. The lowest BCUT2D eigenvalue weighted by molar-refractivity contribution is 0.640. The highest BCUT2D eigenvalue weighted by atomic mass is 35.5. The molecule has 0 radical (unpaired) electrons. The number of halogens is 2. The lowest BCUT2D eigenvalue weighted by atomic mass is 10.1. The number of hydrogen-bond donors (Lipinski definition) is 1. The molecule has 0 saturated carbocycles. The zero-order chi connectivity index (χ0) is 10.4. The standard InChI is InChI=1S/C12H7ClFN/c13-7-4-5-10-8(6-7)12-9(14)2-1-3-11(12)15-10/h1-6,15H. The average molecular weight is 220 g/mol. The number of H-pyrrole nitrogens is 1. The molecule has 74 valence electrons. The summed E-state index contributed by atoms with van der Waals surface area (Å²) < 4.78 is 13.6. The fraction of sp³-hybridized carbons (Fsp3) is 0. The van der Waals surface area contributed by atoms with Crippen LogP contribution in [0.15, 0.2) is 36.4 Å². The first-order chi connectivity index (χ1) is 7.25. The van der Waals surface area contributed by atoms with Crippen LogP contribution in [0.5, 0.6) is 0 Å². The SMILES string of the molecule is Fc1cccc2[nH]c3ccc(Cl)cc3c12. The van der Waals surface area contributed by atoms with Crippen molar-refractivity contribution in [3.8, 4) is 0 Å². The van der Waals surface area contributed by atoms with Gasteiger partial charge in [-0.3, -0.25) is 0 Å². The molecular weight excluding hydrogens is 213 g/mol. The minimum Gasteiger partial charge on any atom is -0.354 e. The molecule has 1 N–H and O–H groups in total. The highest BCUT2D eigenvalue weighted by Crippen LogP contribution is 2.29. The monoisotopic (exact) mass is 219 g/mol. The molecular formula is C12H7ClFN. The first-order valence-electron chi connectivity index (χ1n) is 4.61. The van der Waals surface area contributed by atoms with Crippen LogP contribution in [-0.2, 0) is 0 Å². The molecule has 0 atom stereocenters. The summed E-state index contributed by atoms with van der Waals surface area (Å²) in [5, 5.41) is 2.05. The summed E-state index contributed by atoms with van der Waals surface area (Å²) in [6.07, 6.45) is 0. The molecule has 1 heterocycles. The normalized spacial score (nSPS) is 11.3. The lowest BCUT2D eigenvalue weighted by Crippen LogP contribution is -1.74. The van der Waals surface area contributed by atoms with Gasteiger partial charge in [0.1, 0.15) is 5.82 Å². The molecule has 0 saturated heterocycles. The molecule has 3 rings (SSSR count). The second kappa shape index (κ2) is 2.97. The van der Waals surface area contributed by atoms with Crippen LogP contribution < -0.4 is 0 Å². The summed E-state index contributed by atoms with van der Waals surface area (Å²) in [5.74, 6) is -0.221. The lowest BCUT2D eigenvalue weighted by Gasteiger charge is -1.93. The van der Waals surface area contributed by atoms with Gasteiger partial charge in [-0.2, -0.15) is 0 Å². The van der Waals surface area contributed by atoms with E-state index in [4.69, 9.17) is 11.6 Å². The van der Waals surface area contributed by atoms with Gasteiger partial charge in [0.25, 0.3) is 0 Å². The van der Waals surface area contributed by atoms with E-state index in [0.717, 1.165) is 16.4 Å². The second-order valence-corrected chi connectivity index (χ2v) is 3.91. The van der Waals surface area contributed by atoms with Crippen LogP contribution in [0, 0.1) is 5.82 Å². The molecule has 0 bridgehead atoms. The van der Waals surface area contributed by atoms with Crippen LogP contribution in [0.1, 0.15) is 0 Å². The van der Waals surface area contributed by atoms with Gasteiger partial charge in [-0.25, -0.2) is 4.39 Å². The third kappa shape index (κ3) is 1.22. The van der Waals surface area contributed by atoms with Gasteiger partial charge in [-0.15, -0.1) is 0 Å². The van der Waals surface area contributed by atoms with E-state index in [0.29, 0.717) is 10.4 Å². The average Bonchev–Trinajstić information content (AvgIpc) is 2.57. The predicted molar refractivity (Wildman–Crippen MR) is 60.8 cm³/mol. The Hall–Kier alpha value is -1.54. The Bertz CT molecular complexity index is 657. The van der Waals surface area contributed by atoms with Gasteiger partial charge in [0.05, 0.1) is 0 Å². The number of rotatable bonds is 0. The molecule has 3 aromatic rings. The summed E-state index contributed by atoms with van der Waals surface area (Å²) in [6, 6.07) is 10.4. The Morgan fingerprint density at radius 1 is 1.07 bits per heavy atom. The molecule has 1 nitrogen and oxygen atoms in total. The summed E-state index contributed by atoms with van der Waals surface area (Å²) >= 11 is 5.89. The van der Waals surface area contributed by atoms with Gasteiger partial charge in [0, 0.05) is 26.8 Å². The van der Waals surface area contributed by atoms with Gasteiger partial charge >= 0.3 is 0 Å². The van der Waals surface area contributed by atoms with Crippen molar-refractivity contribution in [3.05, 3.63) is 47.2 Å². The van der Waals surface area contributed by atoms with Crippen LogP contribution in [-0.4, -0.2) is 4.98 Å². The van der Waals surface area contributed by atoms with Gasteiger partial charge in [-0.1, -0.05) is 17.7 Å². The van der Waals surface area contributed by atoms with E-state index < -0.39 is 0 Å². The highest BCUT2D eigenvalue weighted by molar-refractivity contribution is 6.31. The molecule has 0 amide bonds. The maximum atomic E-state index is 13.6. The Labute approximate surface area is 90.5 Å². The summed E-state index contributed by atoms with van der Waals surface area (Å²) in [4.78, 5) is 3.15. The number of fused-ring (bicyclic) bond motifs is 3. The van der Waals surface area contributed by atoms with Crippen LogP contribution in [0.2, 0.25) is 5.02 Å². The van der Waals surface area contributed by atoms with E-state index in [1.54, 1.807) is 18.2 Å². The van der Waals surface area contributed by atoms with Crippen molar-refractivity contribution in [1.29, 1.82) is 0 Å². The maximum Gasteiger partial charge on any atom is 0.133 e. The molecule has 15 heavy (non-hydrogen) atoms. The van der Waals surface area contributed by atoms with Gasteiger partial charge in [-0.05, 0) is 30.3 Å². The summed E-state index contributed by atoms with van der Waals surface area (Å²) in [6.45, 7) is 0. The Morgan fingerprint density at radius 2 is 1.93 bits per heavy atom. The third-order valence-electron chi connectivity index (χ3n) is 2.53. The first-order valence-corrected chi connectivity index (χ1v) is 4.99. The van der Waals surface area contributed by atoms with Crippen molar-refractivity contribution in [2.24, 2.45) is 0 Å². The predicted octanol–water partition coefficient (Wildman–Crippen LogP) is 4.11. The smallest absolute Gasteiger partial charge is 0.133 e. The van der Waals surface area contributed by atoms with Crippen molar-refractivity contribution in [1.82, 2.24) is 4.98 Å². The summed E-state index contributed by atoms with van der Waals surface area (Å²) in [7, 11) is 0. The van der Waals surface area contributed by atoms with Crippen molar-refractivity contribution >= 4 is 33.4 Å². The highest BCUT2D eigenvalue weighted by Gasteiger charge is 2.08. The molecule has 1 aromatic heterocycles. The summed E-state index contributed by atoms with van der Waals surface area (Å²) in [5.41, 5.74) is 1.70. The molecule has 0 spiro atoms. The Morgan fingerprint density at radius 3 is 2.80 bits per heavy atom. The van der Waals surface area contributed by atoms with E-state index >= 15 is 0 Å². The number of nitrogens with one attached hydrogen (secondary N) is 1. The zero-order valence-corrected chi connectivity index (χ0v) is 8.48. The molecule has 0 unspecified atom stereocenters. The van der Waals surface area contributed by atoms with Crippen molar-refractivity contribution in [2.45, 2.75) is 0 Å². The number of hydrogen-bond acceptors (Lipinski definition) is 0. The van der Waals surface area contributed by atoms with Crippen LogP contribution in [0.4, 0.5) is 4.39 Å². The first kappa shape index (κ1) is 8.74. The van der Waals surface area contributed by atoms with Gasteiger partial charge < -0.3 is 4.98 Å². The minimum atomic E-state index is -0.221. The molecule has 0 aliphatic carbocycles. The molecule has 0 fully saturated rings. The Kier molecular flexibility index (Phi) is 1.73. The molecule has 3 heteroatoms. The molecule has 2 aromatic carbocycles. The number of aromatic nitrogens is 1. The van der Waals surface area contributed by atoms with Gasteiger partial charge in [0.2, 0.25) is 0 Å². The topological polar surface area (TPSA) is 15.8 Å². The van der Waals surface area contributed by atoms with Crippen LogP contribution in [0.25, 0.3) is 21.8 Å². The van der Waals surface area contributed by atoms with Crippen molar-refractivity contribution in [3.63, 3.8) is 0 Å². The Balaban J connectivity index is 2.61. The number of aromatic amines is 1. The van der Waals surface area contributed by atoms with E-state index in [1.165, 1.54) is 6.07 Å². The van der Waals surface area contributed by atoms with E-state index in [2.05, 4.69) is 4.98 Å². The van der Waals surface area contributed by atoms with E-state index in [9.17, 15) is 4.39 Å². The maximum absolute atomic E-state index is 13.6. The van der Waals surface area contributed by atoms with Crippen molar-refractivity contribution in [2.75, 3.05) is 0 Å². The van der Waals surface area contributed by atoms with E-state index in [1.807, 2.05) is 12.1 Å².